The molecular formula is C23H25N7O3. The van der Waals surface area contributed by atoms with Gasteiger partial charge in [0, 0.05) is 31.4 Å². The number of hydrogen-bond acceptors (Lipinski definition) is 9. The first kappa shape index (κ1) is 20.8. The molecule has 0 spiro atoms. The van der Waals surface area contributed by atoms with Crippen molar-refractivity contribution in [3.8, 4) is 22.9 Å². The minimum atomic E-state index is 0.457. The Morgan fingerprint density at radius 1 is 0.939 bits per heavy atom. The zero-order valence-corrected chi connectivity index (χ0v) is 18.8. The molecule has 0 aliphatic carbocycles. The van der Waals surface area contributed by atoms with Crippen LogP contribution < -0.4 is 24.4 Å². The number of pyridine rings is 1. The molecule has 1 saturated heterocycles. The number of anilines is 3. The number of fused-ring (bicyclic) bond motifs is 1. The van der Waals surface area contributed by atoms with Crippen molar-refractivity contribution in [2.45, 2.75) is 12.8 Å². The van der Waals surface area contributed by atoms with E-state index in [2.05, 4.69) is 25.2 Å². The van der Waals surface area contributed by atoms with Crippen molar-refractivity contribution < 1.29 is 14.2 Å². The molecule has 0 radical (unpaired) electrons. The number of aromatic nitrogens is 5. The SMILES string of the molecule is COc1cc(-n2cnc(Nc3nc(N4CCCC4)c4cccnc4n3)c2)cc(OC)c1OC. The van der Waals surface area contributed by atoms with E-state index in [0.29, 0.717) is 34.7 Å². The number of imidazole rings is 1. The molecule has 0 amide bonds. The van der Waals surface area contributed by atoms with Gasteiger partial charge >= 0.3 is 0 Å². The second kappa shape index (κ2) is 8.81. The van der Waals surface area contributed by atoms with Gasteiger partial charge in [-0.2, -0.15) is 9.97 Å². The predicted octanol–water partition coefficient (Wildman–Crippen LogP) is 3.58. The first-order valence-electron chi connectivity index (χ1n) is 10.7. The van der Waals surface area contributed by atoms with E-state index in [1.165, 1.54) is 0 Å². The average molecular weight is 447 g/mol. The Morgan fingerprint density at radius 3 is 2.39 bits per heavy atom. The van der Waals surface area contributed by atoms with Crippen molar-refractivity contribution in [2.24, 2.45) is 0 Å². The molecule has 170 valence electrons. The van der Waals surface area contributed by atoms with Gasteiger partial charge in [0.2, 0.25) is 11.7 Å². The van der Waals surface area contributed by atoms with E-state index in [1.807, 2.05) is 35.0 Å². The quantitative estimate of drug-likeness (QED) is 0.456. The van der Waals surface area contributed by atoms with Gasteiger partial charge in [0.25, 0.3) is 0 Å². The summed E-state index contributed by atoms with van der Waals surface area (Å²) in [5.41, 5.74) is 1.46. The predicted molar refractivity (Wildman–Crippen MR) is 125 cm³/mol. The van der Waals surface area contributed by atoms with Crippen molar-refractivity contribution in [1.29, 1.82) is 0 Å². The molecule has 0 bridgehead atoms. The molecule has 0 unspecified atom stereocenters. The van der Waals surface area contributed by atoms with Gasteiger partial charge in [0.05, 0.1) is 38.6 Å². The van der Waals surface area contributed by atoms with Gasteiger partial charge in [-0.15, -0.1) is 0 Å². The van der Waals surface area contributed by atoms with E-state index in [1.54, 1.807) is 33.9 Å². The highest BCUT2D eigenvalue weighted by atomic mass is 16.5. The lowest BCUT2D eigenvalue weighted by molar-refractivity contribution is 0.324. The van der Waals surface area contributed by atoms with Crippen molar-refractivity contribution in [3.05, 3.63) is 43.0 Å². The highest BCUT2D eigenvalue weighted by Crippen LogP contribution is 2.39. The summed E-state index contributed by atoms with van der Waals surface area (Å²) in [6, 6.07) is 7.64. The van der Waals surface area contributed by atoms with E-state index in [9.17, 15) is 0 Å². The van der Waals surface area contributed by atoms with Crippen molar-refractivity contribution >= 4 is 28.6 Å². The zero-order valence-electron chi connectivity index (χ0n) is 18.8. The van der Waals surface area contributed by atoms with Gasteiger partial charge in [-0.1, -0.05) is 0 Å². The van der Waals surface area contributed by atoms with Gasteiger partial charge < -0.3 is 29.0 Å². The first-order chi connectivity index (χ1) is 16.2. The molecule has 4 heterocycles. The molecule has 3 aromatic heterocycles. The lowest BCUT2D eigenvalue weighted by Gasteiger charge is -2.18. The van der Waals surface area contributed by atoms with Crippen LogP contribution in [-0.2, 0) is 0 Å². The Labute approximate surface area is 191 Å². The van der Waals surface area contributed by atoms with Crippen molar-refractivity contribution in [3.63, 3.8) is 0 Å². The van der Waals surface area contributed by atoms with Gasteiger partial charge in [-0.3, -0.25) is 0 Å². The molecule has 1 fully saturated rings. The molecule has 33 heavy (non-hydrogen) atoms. The lowest BCUT2D eigenvalue weighted by atomic mass is 10.2. The van der Waals surface area contributed by atoms with Crippen LogP contribution in [-0.4, -0.2) is 58.9 Å². The Bertz CT molecular complexity index is 1260. The van der Waals surface area contributed by atoms with Crippen LogP contribution in [0.4, 0.5) is 17.6 Å². The van der Waals surface area contributed by atoms with E-state index in [0.717, 1.165) is 42.8 Å². The summed E-state index contributed by atoms with van der Waals surface area (Å²) in [5, 5.41) is 4.17. The highest BCUT2D eigenvalue weighted by molar-refractivity contribution is 5.88. The maximum absolute atomic E-state index is 5.46. The molecular weight excluding hydrogens is 422 g/mol. The molecule has 1 aliphatic rings. The Kier molecular flexibility index (Phi) is 5.55. The molecule has 0 saturated carbocycles. The van der Waals surface area contributed by atoms with E-state index in [4.69, 9.17) is 19.2 Å². The third kappa shape index (κ3) is 3.95. The molecule has 0 atom stereocenters. The first-order valence-corrected chi connectivity index (χ1v) is 10.7. The number of nitrogens with one attached hydrogen (secondary N) is 1. The van der Waals surface area contributed by atoms with Crippen LogP contribution in [0.1, 0.15) is 12.8 Å². The summed E-state index contributed by atoms with van der Waals surface area (Å²) < 4.78 is 18.2. The molecule has 5 rings (SSSR count). The molecule has 1 aromatic carbocycles. The number of rotatable bonds is 7. The van der Waals surface area contributed by atoms with Crippen LogP contribution in [0, 0.1) is 0 Å². The maximum atomic E-state index is 5.46. The topological polar surface area (TPSA) is 99.5 Å². The number of ether oxygens (including phenoxy) is 3. The second-order valence-electron chi connectivity index (χ2n) is 7.61. The molecule has 10 nitrogen and oxygen atoms in total. The van der Waals surface area contributed by atoms with Crippen LogP contribution in [0.2, 0.25) is 0 Å². The summed E-state index contributed by atoms with van der Waals surface area (Å²) in [5.74, 6) is 3.62. The molecule has 4 aromatic rings. The normalized spacial score (nSPS) is 13.4. The van der Waals surface area contributed by atoms with Crippen LogP contribution in [0.3, 0.4) is 0 Å². The van der Waals surface area contributed by atoms with Crippen molar-refractivity contribution in [1.82, 2.24) is 24.5 Å². The lowest BCUT2D eigenvalue weighted by Crippen LogP contribution is -2.20. The Balaban J connectivity index is 1.47. The highest BCUT2D eigenvalue weighted by Gasteiger charge is 2.19. The third-order valence-electron chi connectivity index (χ3n) is 5.63. The fourth-order valence-corrected chi connectivity index (χ4v) is 4.03. The zero-order chi connectivity index (χ0) is 22.8. The summed E-state index contributed by atoms with van der Waals surface area (Å²) in [6.07, 6.45) is 7.61. The molecule has 1 N–H and O–H groups in total. The fourth-order valence-electron chi connectivity index (χ4n) is 4.03. The minimum Gasteiger partial charge on any atom is -0.493 e. The molecule has 10 heteroatoms. The number of hydrogen-bond donors (Lipinski definition) is 1. The second-order valence-corrected chi connectivity index (χ2v) is 7.61. The largest absolute Gasteiger partial charge is 0.493 e. The Hall–Kier alpha value is -4.08. The van der Waals surface area contributed by atoms with E-state index < -0.39 is 0 Å². The minimum absolute atomic E-state index is 0.457. The van der Waals surface area contributed by atoms with Gasteiger partial charge in [-0.05, 0) is 25.0 Å². The summed E-state index contributed by atoms with van der Waals surface area (Å²) in [4.78, 5) is 20.6. The summed E-state index contributed by atoms with van der Waals surface area (Å²) >= 11 is 0. The van der Waals surface area contributed by atoms with Crippen LogP contribution in [0.25, 0.3) is 16.7 Å². The average Bonchev–Trinajstić information content (AvgIpc) is 3.55. The monoisotopic (exact) mass is 447 g/mol. The van der Waals surface area contributed by atoms with Crippen LogP contribution in [0.15, 0.2) is 43.0 Å². The van der Waals surface area contributed by atoms with Crippen molar-refractivity contribution in [2.75, 3.05) is 44.6 Å². The van der Waals surface area contributed by atoms with E-state index >= 15 is 0 Å². The number of methoxy groups -OCH3 is 3. The molecule has 1 aliphatic heterocycles. The number of benzene rings is 1. The van der Waals surface area contributed by atoms with Gasteiger partial charge in [0.15, 0.2) is 23.0 Å². The van der Waals surface area contributed by atoms with Crippen LogP contribution in [0.5, 0.6) is 17.2 Å². The smallest absolute Gasteiger partial charge is 0.232 e. The Morgan fingerprint density at radius 2 is 1.70 bits per heavy atom. The standard InChI is InChI=1S/C23H25N7O3/c1-31-17-11-15(12-18(32-2)20(17)33-3)30-13-19(25-14-30)26-23-27-21-16(7-6-8-24-21)22(28-23)29-9-4-5-10-29/h6-8,11-14H,4-5,9-10H2,1-3H3,(H,24,26,27,28). The maximum Gasteiger partial charge on any atom is 0.232 e. The number of nitrogens with zero attached hydrogens (tertiary/aromatic N) is 6. The van der Waals surface area contributed by atoms with E-state index in [-0.39, 0.29) is 0 Å². The van der Waals surface area contributed by atoms with Gasteiger partial charge in [0.1, 0.15) is 12.1 Å². The summed E-state index contributed by atoms with van der Waals surface area (Å²) in [6.45, 7) is 1.96. The summed E-state index contributed by atoms with van der Waals surface area (Å²) in [7, 11) is 4.75. The third-order valence-corrected chi connectivity index (χ3v) is 5.63. The fraction of sp³-hybridized carbons (Fsp3) is 0.304. The van der Waals surface area contributed by atoms with Crippen LogP contribution >= 0.6 is 0 Å². The van der Waals surface area contributed by atoms with Gasteiger partial charge in [-0.25, -0.2) is 9.97 Å².